The second kappa shape index (κ2) is 4.99. The number of hydrogen-bond donors (Lipinski definition) is 3. The molecule has 1 atom stereocenters. The van der Waals surface area contributed by atoms with E-state index in [2.05, 4.69) is 4.74 Å². The van der Waals surface area contributed by atoms with Crippen LogP contribution in [0.25, 0.3) is 0 Å². The number of aliphatic hydroxyl groups is 2. The quantitative estimate of drug-likeness (QED) is 0.386. The smallest absolute Gasteiger partial charge is 0.143 e. The van der Waals surface area contributed by atoms with Gasteiger partial charge >= 0.3 is 0 Å². The summed E-state index contributed by atoms with van der Waals surface area (Å²) in [6.07, 6.45) is 0. The van der Waals surface area contributed by atoms with Crippen molar-refractivity contribution in [3.63, 3.8) is 0 Å². The lowest BCUT2D eigenvalue weighted by Crippen LogP contribution is -2.30. The minimum atomic E-state index is -0.373. The van der Waals surface area contributed by atoms with Gasteiger partial charge in [0.15, 0.2) is 0 Å². The number of aliphatic hydroxyl groups excluding tert-OH is 2. The molecule has 0 aromatic heterocycles. The molecule has 8 heavy (non-hydrogen) atoms. The summed E-state index contributed by atoms with van der Waals surface area (Å²) in [5.74, 6) is 0. The molecule has 0 bridgehead atoms. The van der Waals surface area contributed by atoms with Crippen LogP contribution in [0.4, 0.5) is 0 Å². The van der Waals surface area contributed by atoms with E-state index in [1.165, 1.54) is 0 Å². The molecule has 0 aromatic carbocycles. The minimum Gasteiger partial charge on any atom is -0.395 e. The summed E-state index contributed by atoms with van der Waals surface area (Å²) < 4.78 is 4.46. The van der Waals surface area contributed by atoms with Crippen molar-refractivity contribution in [3.05, 3.63) is 0 Å². The van der Waals surface area contributed by atoms with Crippen LogP contribution >= 0.6 is 0 Å². The molecule has 4 N–H and O–H groups in total. The van der Waals surface area contributed by atoms with Gasteiger partial charge in [0.25, 0.3) is 0 Å². The SMILES string of the molecule is NC(CO)COCO. The Labute approximate surface area is 47.9 Å². The van der Waals surface area contributed by atoms with Gasteiger partial charge in [0.05, 0.1) is 19.3 Å². The Kier molecular flexibility index (Phi) is 4.89. The van der Waals surface area contributed by atoms with Crippen LogP contribution < -0.4 is 5.73 Å². The highest BCUT2D eigenvalue weighted by Gasteiger charge is 1.96. The van der Waals surface area contributed by atoms with Gasteiger partial charge in [-0.2, -0.15) is 0 Å². The van der Waals surface area contributed by atoms with E-state index in [4.69, 9.17) is 15.9 Å². The van der Waals surface area contributed by atoms with E-state index >= 15 is 0 Å². The van der Waals surface area contributed by atoms with Gasteiger partial charge in [-0.1, -0.05) is 0 Å². The van der Waals surface area contributed by atoms with Crippen LogP contribution in [0.1, 0.15) is 0 Å². The maximum atomic E-state index is 8.27. The van der Waals surface area contributed by atoms with Crippen molar-refractivity contribution in [2.75, 3.05) is 20.0 Å². The Hall–Kier alpha value is -0.160. The Morgan fingerprint density at radius 3 is 2.50 bits per heavy atom. The van der Waals surface area contributed by atoms with E-state index in [0.29, 0.717) is 0 Å². The zero-order valence-electron chi connectivity index (χ0n) is 4.58. The van der Waals surface area contributed by atoms with Crippen LogP contribution in [0.15, 0.2) is 0 Å². The summed E-state index contributed by atoms with van der Waals surface area (Å²) in [5.41, 5.74) is 5.17. The average molecular weight is 121 g/mol. The van der Waals surface area contributed by atoms with Crippen LogP contribution in [0.5, 0.6) is 0 Å². The van der Waals surface area contributed by atoms with Gasteiger partial charge in [-0.05, 0) is 0 Å². The van der Waals surface area contributed by atoms with E-state index in [9.17, 15) is 0 Å². The molecule has 0 heterocycles. The molecular formula is C4H11NO3. The molecule has 1 unspecified atom stereocenters. The molecule has 50 valence electrons. The second-order valence-corrected chi connectivity index (χ2v) is 1.44. The van der Waals surface area contributed by atoms with Crippen molar-refractivity contribution >= 4 is 0 Å². The maximum absolute atomic E-state index is 8.27. The zero-order chi connectivity index (χ0) is 6.41. The summed E-state index contributed by atoms with van der Waals surface area (Å²) >= 11 is 0. The molecule has 0 aliphatic carbocycles. The number of ether oxygens (including phenoxy) is 1. The largest absolute Gasteiger partial charge is 0.395 e. The Morgan fingerprint density at radius 1 is 1.50 bits per heavy atom. The average Bonchev–Trinajstić information content (AvgIpc) is 1.83. The predicted molar refractivity (Wildman–Crippen MR) is 28.1 cm³/mol. The van der Waals surface area contributed by atoms with Gasteiger partial charge in [0.1, 0.15) is 6.79 Å². The van der Waals surface area contributed by atoms with Gasteiger partial charge in [-0.25, -0.2) is 0 Å². The fourth-order valence-electron chi connectivity index (χ4n) is 0.257. The van der Waals surface area contributed by atoms with E-state index in [-0.39, 0.29) is 26.0 Å². The topological polar surface area (TPSA) is 75.7 Å². The Bertz CT molecular complexity index is 50.5. The van der Waals surface area contributed by atoms with Crippen LogP contribution in [-0.2, 0) is 4.74 Å². The first kappa shape index (κ1) is 7.84. The third-order valence-corrected chi connectivity index (χ3v) is 0.658. The fourth-order valence-corrected chi connectivity index (χ4v) is 0.257. The number of nitrogens with two attached hydrogens (primary N) is 1. The summed E-state index contributed by atoms with van der Waals surface area (Å²) in [5, 5.41) is 16.3. The summed E-state index contributed by atoms with van der Waals surface area (Å²) in [7, 11) is 0. The Morgan fingerprint density at radius 2 is 2.12 bits per heavy atom. The van der Waals surface area contributed by atoms with Crippen molar-refractivity contribution in [3.8, 4) is 0 Å². The minimum absolute atomic E-state index is 0.111. The first-order valence-corrected chi connectivity index (χ1v) is 2.36. The maximum Gasteiger partial charge on any atom is 0.143 e. The van der Waals surface area contributed by atoms with Crippen LogP contribution in [0.2, 0.25) is 0 Å². The normalized spacial score (nSPS) is 13.9. The van der Waals surface area contributed by atoms with Gasteiger partial charge in [0.2, 0.25) is 0 Å². The molecule has 0 amide bonds. The zero-order valence-corrected chi connectivity index (χ0v) is 4.58. The van der Waals surface area contributed by atoms with Crippen LogP contribution in [0.3, 0.4) is 0 Å². The lowest BCUT2D eigenvalue weighted by Gasteiger charge is -2.05. The monoisotopic (exact) mass is 121 g/mol. The molecule has 0 aromatic rings. The molecule has 0 saturated carbocycles. The van der Waals surface area contributed by atoms with E-state index in [1.807, 2.05) is 0 Å². The van der Waals surface area contributed by atoms with Crippen molar-refractivity contribution in [2.45, 2.75) is 6.04 Å². The van der Waals surface area contributed by atoms with E-state index in [1.54, 1.807) is 0 Å². The van der Waals surface area contributed by atoms with Gasteiger partial charge in [-0.3, -0.25) is 0 Å². The standard InChI is InChI=1S/C4H11NO3/c5-4(1-6)2-8-3-7/h4,6-7H,1-3,5H2. The molecule has 0 saturated heterocycles. The van der Waals surface area contributed by atoms with Crippen LogP contribution in [0, 0.1) is 0 Å². The second-order valence-electron chi connectivity index (χ2n) is 1.44. The van der Waals surface area contributed by atoms with Crippen molar-refractivity contribution in [2.24, 2.45) is 5.73 Å². The number of hydrogen-bond acceptors (Lipinski definition) is 4. The first-order chi connectivity index (χ1) is 3.81. The molecule has 0 rings (SSSR count). The fraction of sp³-hybridized carbons (Fsp3) is 1.00. The predicted octanol–water partition coefficient (Wildman–Crippen LogP) is -1.73. The van der Waals surface area contributed by atoms with Crippen molar-refractivity contribution < 1.29 is 14.9 Å². The highest BCUT2D eigenvalue weighted by molar-refractivity contribution is 4.54. The molecule has 0 aliphatic rings. The Balaban J connectivity index is 2.86. The summed E-state index contributed by atoms with van der Waals surface area (Å²) in [6.45, 7) is -0.249. The molecule has 0 spiro atoms. The van der Waals surface area contributed by atoms with E-state index in [0.717, 1.165) is 0 Å². The third kappa shape index (κ3) is 4.01. The van der Waals surface area contributed by atoms with E-state index < -0.39 is 0 Å². The van der Waals surface area contributed by atoms with Gasteiger partial charge in [-0.15, -0.1) is 0 Å². The summed E-state index contributed by atoms with van der Waals surface area (Å²) in [6, 6.07) is -0.373. The molecule has 0 fully saturated rings. The molecule has 0 aliphatic heterocycles. The first-order valence-electron chi connectivity index (χ1n) is 2.36. The molecule has 4 nitrogen and oxygen atoms in total. The number of rotatable bonds is 4. The van der Waals surface area contributed by atoms with Gasteiger partial charge < -0.3 is 20.7 Å². The molecule has 0 radical (unpaired) electrons. The molecular weight excluding hydrogens is 110 g/mol. The van der Waals surface area contributed by atoms with Crippen LogP contribution in [-0.4, -0.2) is 36.3 Å². The van der Waals surface area contributed by atoms with Crippen molar-refractivity contribution in [1.29, 1.82) is 0 Å². The highest BCUT2D eigenvalue weighted by atomic mass is 16.6. The summed E-state index contributed by atoms with van der Waals surface area (Å²) in [4.78, 5) is 0. The van der Waals surface area contributed by atoms with Crippen molar-refractivity contribution in [1.82, 2.24) is 0 Å². The molecule has 4 heteroatoms. The highest BCUT2D eigenvalue weighted by Crippen LogP contribution is 1.76. The third-order valence-electron chi connectivity index (χ3n) is 0.658. The van der Waals surface area contributed by atoms with Gasteiger partial charge in [0, 0.05) is 0 Å². The lowest BCUT2D eigenvalue weighted by molar-refractivity contribution is -0.0122. The lowest BCUT2D eigenvalue weighted by atomic mass is 10.4.